The van der Waals surface area contributed by atoms with Crippen LogP contribution in [0.1, 0.15) is 11.3 Å². The summed E-state index contributed by atoms with van der Waals surface area (Å²) in [4.78, 5) is 12.0. The lowest BCUT2D eigenvalue weighted by Crippen LogP contribution is -2.24. The minimum Gasteiger partial charge on any atom is -0.435 e. The Labute approximate surface area is 136 Å². The van der Waals surface area contributed by atoms with Gasteiger partial charge in [0, 0.05) is 11.9 Å². The second-order valence-electron chi connectivity index (χ2n) is 5.10. The van der Waals surface area contributed by atoms with E-state index in [2.05, 4.69) is 15.2 Å². The number of alkyl halides is 2. The van der Waals surface area contributed by atoms with Gasteiger partial charge in [0.2, 0.25) is 5.91 Å². The largest absolute Gasteiger partial charge is 0.435 e. The molecule has 24 heavy (non-hydrogen) atoms. The number of fused-ring (bicyclic) bond motifs is 1. The first-order valence-corrected chi connectivity index (χ1v) is 7.25. The number of benzene rings is 2. The molecular formula is C17H14F2N2O3. The number of aromatic nitrogens is 1. The van der Waals surface area contributed by atoms with Crippen molar-refractivity contribution in [2.45, 2.75) is 19.6 Å². The third-order valence-electron chi connectivity index (χ3n) is 3.42. The summed E-state index contributed by atoms with van der Waals surface area (Å²) in [6.45, 7) is -2.57. The number of ether oxygens (including phenoxy) is 1. The number of carbonyl (C=O) groups is 1. The van der Waals surface area contributed by atoms with Gasteiger partial charge in [-0.1, -0.05) is 29.4 Å². The zero-order valence-electron chi connectivity index (χ0n) is 12.5. The molecule has 1 heterocycles. The summed E-state index contributed by atoms with van der Waals surface area (Å²) in [6, 6.07) is 13.4. The standard InChI is InChI=1S/C17H14F2N2O3/c18-17(19)23-12-7-5-11(6-8-12)10-20-16(22)9-14-13-3-1-2-4-15(13)24-21-14/h1-8,17H,9-10H2,(H,20,22). The Hall–Kier alpha value is -2.96. The molecule has 0 spiro atoms. The van der Waals surface area contributed by atoms with Gasteiger partial charge in [0.25, 0.3) is 0 Å². The first kappa shape index (κ1) is 15.9. The van der Waals surface area contributed by atoms with Crippen LogP contribution >= 0.6 is 0 Å². The second kappa shape index (κ2) is 7.08. The summed E-state index contributed by atoms with van der Waals surface area (Å²) in [7, 11) is 0. The predicted molar refractivity (Wildman–Crippen MR) is 82.6 cm³/mol. The van der Waals surface area contributed by atoms with Gasteiger partial charge in [0.05, 0.1) is 6.42 Å². The molecule has 1 amide bonds. The summed E-state index contributed by atoms with van der Waals surface area (Å²) in [5.74, 6) is -0.129. The van der Waals surface area contributed by atoms with Crippen LogP contribution in [0.5, 0.6) is 5.75 Å². The SMILES string of the molecule is O=C(Cc1noc2ccccc12)NCc1ccc(OC(F)F)cc1. The van der Waals surface area contributed by atoms with Crippen molar-refractivity contribution in [2.75, 3.05) is 0 Å². The number of nitrogens with zero attached hydrogens (tertiary/aromatic N) is 1. The number of hydrogen-bond acceptors (Lipinski definition) is 4. The molecule has 124 valence electrons. The van der Waals surface area contributed by atoms with Crippen LogP contribution in [0.25, 0.3) is 11.0 Å². The molecule has 0 aliphatic rings. The normalized spacial score (nSPS) is 11.0. The van der Waals surface area contributed by atoms with E-state index in [4.69, 9.17) is 4.52 Å². The van der Waals surface area contributed by atoms with Gasteiger partial charge in [0.15, 0.2) is 5.58 Å². The Morgan fingerprint density at radius 3 is 2.67 bits per heavy atom. The maximum atomic E-state index is 12.1. The van der Waals surface area contributed by atoms with E-state index in [0.717, 1.165) is 10.9 Å². The van der Waals surface area contributed by atoms with E-state index in [0.29, 0.717) is 11.3 Å². The molecule has 7 heteroatoms. The molecule has 0 aliphatic carbocycles. The van der Waals surface area contributed by atoms with Crippen molar-refractivity contribution >= 4 is 16.9 Å². The van der Waals surface area contributed by atoms with Crippen LogP contribution in [-0.4, -0.2) is 17.7 Å². The molecule has 0 radical (unpaired) electrons. The highest BCUT2D eigenvalue weighted by molar-refractivity contribution is 5.86. The van der Waals surface area contributed by atoms with Crippen LogP contribution in [-0.2, 0) is 17.8 Å². The van der Waals surface area contributed by atoms with Crippen LogP contribution in [0, 0.1) is 0 Å². The molecule has 0 unspecified atom stereocenters. The number of nitrogens with one attached hydrogen (secondary N) is 1. The quantitative estimate of drug-likeness (QED) is 0.752. The third kappa shape index (κ3) is 3.87. The van der Waals surface area contributed by atoms with Gasteiger partial charge in [-0.25, -0.2) is 0 Å². The van der Waals surface area contributed by atoms with E-state index in [9.17, 15) is 13.6 Å². The fourth-order valence-electron chi connectivity index (χ4n) is 2.27. The van der Waals surface area contributed by atoms with Gasteiger partial charge in [-0.15, -0.1) is 0 Å². The van der Waals surface area contributed by atoms with E-state index in [-0.39, 0.29) is 24.6 Å². The highest BCUT2D eigenvalue weighted by Crippen LogP contribution is 2.18. The first-order valence-electron chi connectivity index (χ1n) is 7.25. The topological polar surface area (TPSA) is 64.4 Å². The number of rotatable bonds is 6. The molecule has 2 aromatic carbocycles. The summed E-state index contributed by atoms with van der Waals surface area (Å²) < 4.78 is 33.6. The number of para-hydroxylation sites is 1. The molecule has 3 rings (SSSR count). The van der Waals surface area contributed by atoms with Gasteiger partial charge < -0.3 is 14.6 Å². The Bertz CT molecular complexity index is 831. The second-order valence-corrected chi connectivity index (χ2v) is 5.10. The van der Waals surface area contributed by atoms with Crippen molar-refractivity contribution in [1.29, 1.82) is 0 Å². The number of halogens is 2. The van der Waals surface area contributed by atoms with Gasteiger partial charge in [-0.3, -0.25) is 4.79 Å². The molecule has 0 aliphatic heterocycles. The van der Waals surface area contributed by atoms with Crippen LogP contribution in [0.15, 0.2) is 53.1 Å². The van der Waals surface area contributed by atoms with E-state index in [1.807, 2.05) is 18.2 Å². The van der Waals surface area contributed by atoms with Crippen molar-refractivity contribution in [3.63, 3.8) is 0 Å². The smallest absolute Gasteiger partial charge is 0.387 e. The fourth-order valence-corrected chi connectivity index (χ4v) is 2.27. The minimum atomic E-state index is -2.85. The highest BCUT2D eigenvalue weighted by Gasteiger charge is 2.12. The van der Waals surface area contributed by atoms with Crippen molar-refractivity contribution in [3.05, 3.63) is 59.8 Å². The maximum absolute atomic E-state index is 12.1. The van der Waals surface area contributed by atoms with Crippen molar-refractivity contribution in [1.82, 2.24) is 10.5 Å². The van der Waals surface area contributed by atoms with Gasteiger partial charge in [-0.2, -0.15) is 8.78 Å². The molecule has 0 bridgehead atoms. The average molecular weight is 332 g/mol. The zero-order valence-corrected chi connectivity index (χ0v) is 12.5. The number of amides is 1. The Morgan fingerprint density at radius 2 is 1.92 bits per heavy atom. The summed E-state index contributed by atoms with van der Waals surface area (Å²) in [5.41, 5.74) is 1.98. The molecule has 5 nitrogen and oxygen atoms in total. The molecule has 3 aromatic rings. The highest BCUT2D eigenvalue weighted by atomic mass is 19.3. The van der Waals surface area contributed by atoms with Crippen molar-refractivity contribution in [3.8, 4) is 5.75 Å². The fraction of sp³-hybridized carbons (Fsp3) is 0.176. The van der Waals surface area contributed by atoms with Gasteiger partial charge in [0.1, 0.15) is 11.4 Å². The molecule has 0 saturated carbocycles. The third-order valence-corrected chi connectivity index (χ3v) is 3.42. The first-order chi connectivity index (χ1) is 11.6. The Morgan fingerprint density at radius 1 is 1.17 bits per heavy atom. The van der Waals surface area contributed by atoms with Crippen LogP contribution in [0.2, 0.25) is 0 Å². The van der Waals surface area contributed by atoms with Crippen molar-refractivity contribution in [2.24, 2.45) is 0 Å². The van der Waals surface area contributed by atoms with Crippen LogP contribution in [0.3, 0.4) is 0 Å². The lowest BCUT2D eigenvalue weighted by Gasteiger charge is -2.07. The van der Waals surface area contributed by atoms with Gasteiger partial charge in [-0.05, 0) is 29.8 Å². The minimum absolute atomic E-state index is 0.0779. The molecule has 0 atom stereocenters. The lowest BCUT2D eigenvalue weighted by atomic mass is 10.1. The summed E-state index contributed by atoms with van der Waals surface area (Å²) >= 11 is 0. The Balaban J connectivity index is 1.55. The van der Waals surface area contributed by atoms with Crippen LogP contribution < -0.4 is 10.1 Å². The Kier molecular flexibility index (Phi) is 4.69. The van der Waals surface area contributed by atoms with E-state index >= 15 is 0 Å². The molecule has 0 saturated heterocycles. The maximum Gasteiger partial charge on any atom is 0.387 e. The van der Waals surface area contributed by atoms with E-state index in [1.165, 1.54) is 12.1 Å². The molecule has 1 aromatic heterocycles. The summed E-state index contributed by atoms with van der Waals surface area (Å²) in [5, 5.41) is 7.47. The molecule has 0 fully saturated rings. The monoisotopic (exact) mass is 332 g/mol. The van der Waals surface area contributed by atoms with Crippen LogP contribution in [0.4, 0.5) is 8.78 Å². The summed E-state index contributed by atoms with van der Waals surface area (Å²) in [6.07, 6.45) is 0.101. The molecular weight excluding hydrogens is 318 g/mol. The van der Waals surface area contributed by atoms with Crippen molar-refractivity contribution < 1.29 is 22.8 Å². The average Bonchev–Trinajstić information content (AvgIpc) is 2.97. The van der Waals surface area contributed by atoms with Gasteiger partial charge >= 0.3 is 6.61 Å². The molecule has 1 N–H and O–H groups in total. The number of carbonyl (C=O) groups excluding carboxylic acids is 1. The predicted octanol–water partition coefficient (Wildman–Crippen LogP) is 3.29. The van der Waals surface area contributed by atoms with E-state index in [1.54, 1.807) is 18.2 Å². The van der Waals surface area contributed by atoms with E-state index < -0.39 is 6.61 Å². The lowest BCUT2D eigenvalue weighted by molar-refractivity contribution is -0.120. The number of hydrogen-bond donors (Lipinski definition) is 1. The zero-order chi connectivity index (χ0) is 16.9.